The van der Waals surface area contributed by atoms with Gasteiger partial charge in [-0.05, 0) is 31.9 Å². The second-order valence-electron chi connectivity index (χ2n) is 6.91. The first-order chi connectivity index (χ1) is 13.7. The van der Waals surface area contributed by atoms with E-state index < -0.39 is 12.1 Å². The zero-order valence-electron chi connectivity index (χ0n) is 16.6. The van der Waals surface area contributed by atoms with Crippen molar-refractivity contribution in [1.82, 2.24) is 15.1 Å². The standard InChI is InChI=1S/C16H26N4O2.C2HF3O2/c1-13-3-4-16(18-17-13)20-7-5-14-15(6-8-20)22-12-10-19(14)9-11-21-2;3-2(4,5)1(6)7/h3-4,14-15H,5-12H2,1-2H3;(H,6,7). The highest BCUT2D eigenvalue weighted by molar-refractivity contribution is 5.73. The van der Waals surface area contributed by atoms with E-state index in [9.17, 15) is 13.2 Å². The number of carboxylic acids is 1. The Bertz CT molecular complexity index is 645. The lowest BCUT2D eigenvalue weighted by atomic mass is 10.0. The molecule has 2 fully saturated rings. The van der Waals surface area contributed by atoms with Crippen molar-refractivity contribution in [3.63, 3.8) is 0 Å². The van der Waals surface area contributed by atoms with Gasteiger partial charge in [0.15, 0.2) is 5.82 Å². The lowest BCUT2D eigenvalue weighted by molar-refractivity contribution is -0.192. The van der Waals surface area contributed by atoms with E-state index in [1.807, 2.05) is 13.0 Å². The number of hydrogen-bond donors (Lipinski definition) is 1. The molecule has 1 N–H and O–H groups in total. The molecule has 0 spiro atoms. The minimum atomic E-state index is -5.08. The molecule has 2 atom stereocenters. The van der Waals surface area contributed by atoms with Crippen LogP contribution in [-0.4, -0.2) is 91.0 Å². The van der Waals surface area contributed by atoms with E-state index in [1.54, 1.807) is 7.11 Å². The summed E-state index contributed by atoms with van der Waals surface area (Å²) in [5.41, 5.74) is 0.960. The van der Waals surface area contributed by atoms with Gasteiger partial charge in [0.25, 0.3) is 0 Å². The number of carbonyl (C=O) groups is 1. The molecule has 3 heterocycles. The van der Waals surface area contributed by atoms with Gasteiger partial charge in [-0.1, -0.05) is 0 Å². The molecule has 164 valence electrons. The Kier molecular flexibility index (Phi) is 8.60. The summed E-state index contributed by atoms with van der Waals surface area (Å²) in [6.07, 6.45) is -2.61. The van der Waals surface area contributed by atoms with Crippen LogP contribution >= 0.6 is 0 Å². The van der Waals surface area contributed by atoms with Gasteiger partial charge in [0.2, 0.25) is 0 Å². The third kappa shape index (κ3) is 7.09. The van der Waals surface area contributed by atoms with Gasteiger partial charge < -0.3 is 19.5 Å². The van der Waals surface area contributed by atoms with Crippen molar-refractivity contribution >= 4 is 11.8 Å². The molecule has 8 nitrogen and oxygen atoms in total. The number of methoxy groups -OCH3 is 1. The van der Waals surface area contributed by atoms with Crippen LogP contribution in [0.4, 0.5) is 19.0 Å². The molecule has 0 saturated carbocycles. The van der Waals surface area contributed by atoms with Crippen LogP contribution in [0.2, 0.25) is 0 Å². The summed E-state index contributed by atoms with van der Waals surface area (Å²) < 4.78 is 43.0. The molecule has 2 unspecified atom stereocenters. The predicted octanol–water partition coefficient (Wildman–Crippen LogP) is 1.73. The molecule has 1 aromatic heterocycles. The largest absolute Gasteiger partial charge is 0.490 e. The summed E-state index contributed by atoms with van der Waals surface area (Å²) in [5.74, 6) is -1.78. The highest BCUT2D eigenvalue weighted by Gasteiger charge is 2.38. The van der Waals surface area contributed by atoms with Gasteiger partial charge in [-0.25, -0.2) is 4.79 Å². The predicted molar refractivity (Wildman–Crippen MR) is 98.9 cm³/mol. The normalized spacial score (nSPS) is 22.9. The van der Waals surface area contributed by atoms with Crippen LogP contribution in [0.15, 0.2) is 12.1 Å². The quantitative estimate of drug-likeness (QED) is 0.788. The zero-order valence-corrected chi connectivity index (χ0v) is 16.6. The number of alkyl halides is 3. The van der Waals surface area contributed by atoms with E-state index >= 15 is 0 Å². The number of ether oxygens (including phenoxy) is 2. The SMILES string of the molecule is COCCN1CCOC2CCN(c3ccc(C)nn3)CCC21.O=C(O)C(F)(F)F. The molecule has 0 aromatic carbocycles. The van der Waals surface area contributed by atoms with E-state index in [-0.39, 0.29) is 0 Å². The molecule has 11 heteroatoms. The van der Waals surface area contributed by atoms with Crippen LogP contribution in [0.5, 0.6) is 0 Å². The first-order valence-electron chi connectivity index (χ1n) is 9.42. The maximum absolute atomic E-state index is 10.6. The topological polar surface area (TPSA) is 88.0 Å². The lowest BCUT2D eigenvalue weighted by Crippen LogP contribution is -2.52. The van der Waals surface area contributed by atoms with Gasteiger partial charge in [0, 0.05) is 39.3 Å². The number of rotatable bonds is 4. The van der Waals surface area contributed by atoms with Crippen molar-refractivity contribution in [3.8, 4) is 0 Å². The number of halogens is 3. The Labute approximate surface area is 167 Å². The molecule has 29 heavy (non-hydrogen) atoms. The zero-order chi connectivity index (χ0) is 21.4. The van der Waals surface area contributed by atoms with E-state index in [2.05, 4.69) is 26.1 Å². The van der Waals surface area contributed by atoms with Crippen molar-refractivity contribution in [2.45, 2.75) is 38.1 Å². The highest BCUT2D eigenvalue weighted by Crippen LogP contribution is 2.25. The molecular formula is C18H27F3N4O4. The molecule has 0 radical (unpaired) electrons. The molecule has 2 aliphatic rings. The molecule has 1 aromatic rings. The van der Waals surface area contributed by atoms with E-state index in [0.29, 0.717) is 12.1 Å². The Morgan fingerprint density at radius 2 is 1.97 bits per heavy atom. The molecule has 0 aliphatic carbocycles. The third-order valence-corrected chi connectivity index (χ3v) is 4.92. The van der Waals surface area contributed by atoms with E-state index in [1.165, 1.54) is 0 Å². The van der Waals surface area contributed by atoms with Gasteiger partial charge in [-0.3, -0.25) is 4.90 Å². The molecule has 0 amide bonds. The molecule has 2 saturated heterocycles. The number of fused-ring (bicyclic) bond motifs is 1. The fraction of sp³-hybridized carbons (Fsp3) is 0.722. The number of carboxylic acid groups (broad SMARTS) is 1. The second-order valence-corrected chi connectivity index (χ2v) is 6.91. The first kappa shape index (κ1) is 23.3. The van der Waals surface area contributed by atoms with Crippen LogP contribution in [0.1, 0.15) is 18.5 Å². The van der Waals surface area contributed by atoms with Gasteiger partial charge in [-0.2, -0.15) is 18.3 Å². The summed E-state index contributed by atoms with van der Waals surface area (Å²) in [7, 11) is 1.77. The number of anilines is 1. The molecular weight excluding hydrogens is 393 g/mol. The van der Waals surface area contributed by atoms with Crippen molar-refractivity contribution in [2.24, 2.45) is 0 Å². The number of aliphatic carboxylic acids is 1. The van der Waals surface area contributed by atoms with Crippen molar-refractivity contribution in [2.75, 3.05) is 51.4 Å². The van der Waals surface area contributed by atoms with E-state index in [0.717, 1.165) is 63.7 Å². The van der Waals surface area contributed by atoms with Crippen LogP contribution in [-0.2, 0) is 14.3 Å². The van der Waals surface area contributed by atoms with Crippen molar-refractivity contribution in [3.05, 3.63) is 17.8 Å². The Balaban J connectivity index is 0.000000370. The minimum Gasteiger partial charge on any atom is -0.475 e. The second kappa shape index (κ2) is 10.7. The maximum Gasteiger partial charge on any atom is 0.490 e. The summed E-state index contributed by atoms with van der Waals surface area (Å²) in [4.78, 5) is 13.8. The lowest BCUT2D eigenvalue weighted by Gasteiger charge is -2.40. The molecule has 3 rings (SSSR count). The number of aryl methyl sites for hydroxylation is 1. The van der Waals surface area contributed by atoms with Crippen molar-refractivity contribution in [1.29, 1.82) is 0 Å². The number of hydrogen-bond acceptors (Lipinski definition) is 7. The minimum absolute atomic E-state index is 0.328. The summed E-state index contributed by atoms with van der Waals surface area (Å²) >= 11 is 0. The van der Waals surface area contributed by atoms with Crippen LogP contribution in [0.3, 0.4) is 0 Å². The first-order valence-corrected chi connectivity index (χ1v) is 9.42. The Morgan fingerprint density at radius 1 is 1.28 bits per heavy atom. The summed E-state index contributed by atoms with van der Waals surface area (Å²) in [5, 5.41) is 15.6. The molecule has 0 bridgehead atoms. The monoisotopic (exact) mass is 420 g/mol. The maximum atomic E-state index is 10.6. The number of morpholine rings is 1. The van der Waals surface area contributed by atoms with Crippen LogP contribution in [0, 0.1) is 6.92 Å². The summed E-state index contributed by atoms with van der Waals surface area (Å²) in [6.45, 7) is 7.57. The Hall–Kier alpha value is -1.98. The van der Waals surface area contributed by atoms with Gasteiger partial charge >= 0.3 is 12.1 Å². The number of aromatic nitrogens is 2. The Morgan fingerprint density at radius 3 is 2.55 bits per heavy atom. The molecule has 2 aliphatic heterocycles. The fourth-order valence-corrected chi connectivity index (χ4v) is 3.44. The van der Waals surface area contributed by atoms with Crippen molar-refractivity contribution < 1.29 is 32.5 Å². The van der Waals surface area contributed by atoms with Gasteiger partial charge in [-0.15, -0.1) is 5.10 Å². The third-order valence-electron chi connectivity index (χ3n) is 4.92. The van der Waals surface area contributed by atoms with Crippen LogP contribution < -0.4 is 4.90 Å². The van der Waals surface area contributed by atoms with Gasteiger partial charge in [0.05, 0.1) is 25.0 Å². The smallest absolute Gasteiger partial charge is 0.475 e. The average molecular weight is 420 g/mol. The fourth-order valence-electron chi connectivity index (χ4n) is 3.44. The van der Waals surface area contributed by atoms with Crippen LogP contribution in [0.25, 0.3) is 0 Å². The van der Waals surface area contributed by atoms with Gasteiger partial charge in [0.1, 0.15) is 0 Å². The summed E-state index contributed by atoms with van der Waals surface area (Å²) in [6, 6.07) is 4.59. The number of nitrogens with zero attached hydrogens (tertiary/aromatic N) is 4. The highest BCUT2D eigenvalue weighted by atomic mass is 19.4. The van der Waals surface area contributed by atoms with E-state index in [4.69, 9.17) is 19.4 Å². The average Bonchev–Trinajstić information content (AvgIpc) is 2.90.